The lowest BCUT2D eigenvalue weighted by atomic mass is 10.2. The summed E-state index contributed by atoms with van der Waals surface area (Å²) in [6.45, 7) is 15.0. The molecule has 1 amide bonds. The fraction of sp³-hybridized carbons (Fsp3) is 0.395. The van der Waals surface area contributed by atoms with Crippen LogP contribution in [0, 0.1) is 0 Å². The summed E-state index contributed by atoms with van der Waals surface area (Å²) in [6.07, 6.45) is 3.51. The Morgan fingerprint density at radius 2 is 0.882 bits per heavy atom. The number of nitrogens with one attached hydrogen (secondary N) is 2. The Labute approximate surface area is 314 Å². The topological polar surface area (TPSA) is 59.6 Å². The molecular weight excluding hydrogens is 681 g/mol. The molecule has 6 rings (SSSR count). The summed E-state index contributed by atoms with van der Waals surface area (Å²) in [5, 5.41) is 11.6. The highest BCUT2D eigenvalue weighted by Crippen LogP contribution is 2.38. The first-order chi connectivity index (χ1) is 23.9. The second kappa shape index (κ2) is 17.4. The molecule has 0 bridgehead atoms. The van der Waals surface area contributed by atoms with Gasteiger partial charge in [0.2, 0.25) is 5.91 Å². The van der Waals surface area contributed by atoms with Crippen molar-refractivity contribution in [2.75, 3.05) is 13.2 Å². The first kappa shape index (κ1) is 40.4. The second-order valence-corrected chi connectivity index (χ2v) is 24.7. The van der Waals surface area contributed by atoms with Crippen molar-refractivity contribution >= 4 is 60.5 Å². The Balaban J connectivity index is 0.000000224. The summed E-state index contributed by atoms with van der Waals surface area (Å²) in [4.78, 5) is 12.5. The second-order valence-electron chi connectivity index (χ2n) is 15.6. The number of thiocarbonyl (C=S) groups is 1. The monoisotopic (exact) mass is 738 g/mol. The molecule has 2 aliphatic heterocycles. The van der Waals surface area contributed by atoms with Crippen molar-refractivity contribution in [2.45, 2.75) is 96.8 Å². The molecule has 2 atom stereocenters. The minimum absolute atomic E-state index is 0. The number of carbonyl (C=O) groups is 1. The molecule has 2 saturated heterocycles. The van der Waals surface area contributed by atoms with Crippen molar-refractivity contribution in [3.63, 3.8) is 0 Å². The fourth-order valence-electron chi connectivity index (χ4n) is 7.58. The molecular formula is C43H58N2O3SSi2. The third-order valence-electron chi connectivity index (χ3n) is 10.0. The molecule has 0 saturated carbocycles. The van der Waals surface area contributed by atoms with Gasteiger partial charge in [-0.05, 0) is 50.1 Å². The third kappa shape index (κ3) is 9.16. The molecule has 2 fully saturated rings. The van der Waals surface area contributed by atoms with E-state index in [-0.39, 0.29) is 29.5 Å². The average molecular weight is 739 g/mol. The maximum atomic E-state index is 11.6. The van der Waals surface area contributed by atoms with E-state index >= 15 is 0 Å². The van der Waals surface area contributed by atoms with Gasteiger partial charge in [-0.2, -0.15) is 0 Å². The molecule has 8 heteroatoms. The van der Waals surface area contributed by atoms with Gasteiger partial charge in [-0.1, -0.05) is 183 Å². The zero-order valence-electron chi connectivity index (χ0n) is 30.6. The quantitative estimate of drug-likeness (QED) is 0.134. The van der Waals surface area contributed by atoms with Crippen molar-refractivity contribution in [3.05, 3.63) is 121 Å². The van der Waals surface area contributed by atoms with Crippen LogP contribution >= 0.6 is 12.2 Å². The lowest BCUT2D eigenvalue weighted by molar-refractivity contribution is -0.119. The van der Waals surface area contributed by atoms with Gasteiger partial charge >= 0.3 is 0 Å². The molecule has 51 heavy (non-hydrogen) atoms. The molecule has 2 heterocycles. The lowest BCUT2D eigenvalue weighted by Crippen LogP contribution is -2.67. The lowest BCUT2D eigenvalue weighted by Gasteiger charge is -2.43. The number of benzene rings is 4. The van der Waals surface area contributed by atoms with Crippen LogP contribution in [0.3, 0.4) is 0 Å². The number of amides is 1. The smallest absolute Gasteiger partial charge is 0.261 e. The maximum Gasteiger partial charge on any atom is 0.261 e. The maximum absolute atomic E-state index is 11.6. The number of rotatable bonds is 10. The zero-order chi connectivity index (χ0) is 35.8. The van der Waals surface area contributed by atoms with Crippen LogP contribution in [0.4, 0.5) is 0 Å². The van der Waals surface area contributed by atoms with Gasteiger partial charge in [0, 0.05) is 12.5 Å². The molecule has 2 aliphatic rings. The van der Waals surface area contributed by atoms with Gasteiger partial charge < -0.3 is 19.5 Å². The minimum Gasteiger partial charge on any atom is -0.405 e. The van der Waals surface area contributed by atoms with E-state index in [4.69, 9.17) is 21.1 Å². The summed E-state index contributed by atoms with van der Waals surface area (Å²) < 4.78 is 13.7. The van der Waals surface area contributed by atoms with Crippen molar-refractivity contribution in [1.29, 1.82) is 0 Å². The van der Waals surface area contributed by atoms with E-state index < -0.39 is 16.6 Å². The van der Waals surface area contributed by atoms with Crippen molar-refractivity contribution < 1.29 is 13.6 Å². The van der Waals surface area contributed by atoms with E-state index in [2.05, 4.69) is 161 Å². The number of hydrogen-bond donors (Lipinski definition) is 2. The predicted molar refractivity (Wildman–Crippen MR) is 224 cm³/mol. The van der Waals surface area contributed by atoms with Crippen LogP contribution < -0.4 is 31.4 Å². The van der Waals surface area contributed by atoms with Gasteiger partial charge in [-0.25, -0.2) is 0 Å². The highest BCUT2D eigenvalue weighted by molar-refractivity contribution is 7.80. The van der Waals surface area contributed by atoms with Crippen LogP contribution in [0.1, 0.15) is 74.7 Å². The molecule has 4 aromatic carbocycles. The molecule has 5 nitrogen and oxygen atoms in total. The van der Waals surface area contributed by atoms with Gasteiger partial charge in [0.1, 0.15) is 0 Å². The molecule has 0 aromatic heterocycles. The number of hydrogen-bond acceptors (Lipinski definition) is 4. The summed E-state index contributed by atoms with van der Waals surface area (Å²) in [5.74, 6) is 0.135. The van der Waals surface area contributed by atoms with E-state index in [9.17, 15) is 4.79 Å². The van der Waals surface area contributed by atoms with E-state index in [0.717, 1.165) is 24.3 Å². The molecule has 0 aliphatic carbocycles. The SMILES string of the molecule is C.CC(C)(C)[Si](OC[C@H]1CCC(=O)N1)(c1ccccc1)c1ccccc1.CC(C)(C)[Si](OC[C@H]1CCC(=S)N1)(c1ccccc1)c1ccccc1. The summed E-state index contributed by atoms with van der Waals surface area (Å²) >= 11 is 5.31. The highest BCUT2D eigenvalue weighted by atomic mass is 32.1. The molecule has 0 spiro atoms. The summed E-state index contributed by atoms with van der Waals surface area (Å²) in [7, 11) is -4.91. The first-order valence-electron chi connectivity index (χ1n) is 18.0. The Kier molecular flexibility index (Phi) is 13.8. The zero-order valence-corrected chi connectivity index (χ0v) is 33.4. The van der Waals surface area contributed by atoms with Crippen LogP contribution in [-0.4, -0.2) is 52.8 Å². The van der Waals surface area contributed by atoms with Crippen LogP contribution in [-0.2, 0) is 13.6 Å². The van der Waals surface area contributed by atoms with Gasteiger partial charge in [-0.15, -0.1) is 0 Å². The first-order valence-corrected chi connectivity index (χ1v) is 22.2. The van der Waals surface area contributed by atoms with Gasteiger partial charge in [0.15, 0.2) is 0 Å². The standard InChI is InChI=1S/C21H27NO2Si.C21H27NOSSi.CH4/c1-21(2,3)25(18-10-6-4-7-11-18,19-12-8-5-9-13-19)24-16-17-14-15-20(23)22-17;1-21(2,3)25(18-10-6-4-7-11-18,19-12-8-5-9-13-19)23-16-17-14-15-20(24)22-17;/h4-13,17H,14-16H2,1-3H3,(H,22,23);4-13,17H,14-16H2,1-3H3,(H,22,24);1H4/t2*17-;/m11./s1. The molecule has 2 N–H and O–H groups in total. The van der Waals surface area contributed by atoms with E-state index in [0.29, 0.717) is 25.7 Å². The highest BCUT2D eigenvalue weighted by Gasteiger charge is 2.51. The van der Waals surface area contributed by atoms with Crippen LogP contribution in [0.5, 0.6) is 0 Å². The number of carbonyl (C=O) groups excluding carboxylic acids is 1. The Hall–Kier alpha value is -3.41. The van der Waals surface area contributed by atoms with Crippen LogP contribution in [0.2, 0.25) is 10.1 Å². The van der Waals surface area contributed by atoms with E-state index in [1.807, 2.05) is 12.1 Å². The van der Waals surface area contributed by atoms with E-state index in [1.54, 1.807) is 0 Å². The Bertz CT molecular complexity index is 1470. The van der Waals surface area contributed by atoms with Crippen LogP contribution in [0.15, 0.2) is 121 Å². The van der Waals surface area contributed by atoms with Gasteiger partial charge in [0.25, 0.3) is 16.6 Å². The minimum atomic E-state index is -2.49. The Morgan fingerprint density at radius 1 is 0.569 bits per heavy atom. The normalized spacial score (nSPS) is 17.8. The average Bonchev–Trinajstić information content (AvgIpc) is 3.73. The Morgan fingerprint density at radius 3 is 1.14 bits per heavy atom. The summed E-state index contributed by atoms with van der Waals surface area (Å²) in [5.41, 5.74) is 0. The summed E-state index contributed by atoms with van der Waals surface area (Å²) in [6, 6.07) is 43.3. The molecule has 272 valence electrons. The predicted octanol–water partition coefficient (Wildman–Crippen LogP) is 7.12. The van der Waals surface area contributed by atoms with Crippen molar-refractivity contribution in [2.24, 2.45) is 0 Å². The molecule has 0 unspecified atom stereocenters. The largest absolute Gasteiger partial charge is 0.405 e. The third-order valence-corrected chi connectivity index (χ3v) is 20.3. The van der Waals surface area contributed by atoms with Crippen molar-refractivity contribution in [3.8, 4) is 0 Å². The van der Waals surface area contributed by atoms with E-state index in [1.165, 1.54) is 20.7 Å². The van der Waals surface area contributed by atoms with Gasteiger partial charge in [-0.3, -0.25) is 4.79 Å². The van der Waals surface area contributed by atoms with Crippen LogP contribution in [0.25, 0.3) is 0 Å². The van der Waals surface area contributed by atoms with Crippen molar-refractivity contribution in [1.82, 2.24) is 10.6 Å². The van der Waals surface area contributed by atoms with Gasteiger partial charge in [0.05, 0.1) is 24.2 Å². The molecule has 4 aromatic rings. The molecule has 0 radical (unpaired) electrons. The fourth-order valence-corrected chi connectivity index (χ4v) is 17.1.